The first-order chi connectivity index (χ1) is 15.4. The number of carbonyl (C=O) groups is 2. The van der Waals surface area contributed by atoms with E-state index in [0.29, 0.717) is 6.54 Å². The number of carbonyl (C=O) groups excluding carboxylic acids is 2. The lowest BCUT2D eigenvalue weighted by atomic mass is 10.0. The Kier molecular flexibility index (Phi) is 6.61. The van der Waals surface area contributed by atoms with E-state index in [2.05, 4.69) is 24.4 Å². The summed E-state index contributed by atoms with van der Waals surface area (Å²) < 4.78 is 0. The monoisotopic (exact) mass is 447 g/mol. The molecule has 2 amide bonds. The number of nitrogens with one attached hydrogen (secondary N) is 1. The molecule has 0 radical (unpaired) electrons. The van der Waals surface area contributed by atoms with Gasteiger partial charge in [0.2, 0.25) is 5.91 Å². The van der Waals surface area contributed by atoms with Crippen molar-refractivity contribution in [1.29, 1.82) is 0 Å². The number of hydrogen-bond acceptors (Lipinski definition) is 4. The molecule has 1 aliphatic carbocycles. The molecular weight excluding hydrogens is 418 g/mol. The van der Waals surface area contributed by atoms with Crippen LogP contribution in [0.2, 0.25) is 0 Å². The molecule has 3 aromatic rings. The lowest BCUT2D eigenvalue weighted by Gasteiger charge is -2.31. The first-order valence-electron chi connectivity index (χ1n) is 10.9. The second kappa shape index (κ2) is 9.57. The van der Waals surface area contributed by atoms with E-state index in [-0.39, 0.29) is 23.8 Å². The number of benzene rings is 2. The first-order valence-corrected chi connectivity index (χ1v) is 11.8. The topological polar surface area (TPSA) is 52.7 Å². The van der Waals surface area contributed by atoms with Crippen molar-refractivity contribution in [2.45, 2.75) is 32.4 Å². The van der Waals surface area contributed by atoms with E-state index in [1.165, 1.54) is 11.3 Å². The molecule has 1 atom stereocenters. The molecule has 0 unspecified atom stereocenters. The lowest BCUT2D eigenvalue weighted by Crippen LogP contribution is -2.33. The summed E-state index contributed by atoms with van der Waals surface area (Å²) in [6.07, 6.45) is 1.93. The molecule has 0 bridgehead atoms. The van der Waals surface area contributed by atoms with Crippen LogP contribution in [-0.4, -0.2) is 30.8 Å². The molecule has 1 fully saturated rings. The Hall–Kier alpha value is -3.12. The number of nitrogens with zero attached hydrogens (tertiary/aromatic N) is 2. The second-order valence-electron chi connectivity index (χ2n) is 8.50. The van der Waals surface area contributed by atoms with Crippen LogP contribution in [0.5, 0.6) is 0 Å². The maximum atomic E-state index is 13.5. The number of thiophene rings is 1. The molecule has 1 aromatic heterocycles. The van der Waals surface area contributed by atoms with E-state index in [4.69, 9.17) is 0 Å². The fourth-order valence-electron chi connectivity index (χ4n) is 3.84. The van der Waals surface area contributed by atoms with Gasteiger partial charge in [-0.15, -0.1) is 11.3 Å². The van der Waals surface area contributed by atoms with Crippen LogP contribution in [-0.2, 0) is 11.3 Å². The molecule has 1 aliphatic rings. The van der Waals surface area contributed by atoms with Gasteiger partial charge in [-0.2, -0.15) is 0 Å². The Labute approximate surface area is 193 Å². The summed E-state index contributed by atoms with van der Waals surface area (Å²) in [7, 11) is 3.99. The molecule has 1 saturated carbocycles. The van der Waals surface area contributed by atoms with Gasteiger partial charge in [0.15, 0.2) is 0 Å². The van der Waals surface area contributed by atoms with E-state index in [9.17, 15) is 9.59 Å². The van der Waals surface area contributed by atoms with Crippen molar-refractivity contribution in [1.82, 2.24) is 4.90 Å². The van der Waals surface area contributed by atoms with Crippen molar-refractivity contribution >= 4 is 34.5 Å². The van der Waals surface area contributed by atoms with Gasteiger partial charge in [-0.3, -0.25) is 9.59 Å². The standard InChI is InChI=1S/C26H29N3O2S/c1-18(19-8-5-4-6-9-19)29(26(31)24-10-7-15-32-24)17-21-16-22(13-14-23(21)28(2)3)27-25(30)20-11-12-20/h4-10,13-16,18,20H,11-12,17H2,1-3H3,(H,27,30)/t18-/m0/s1. The second-order valence-corrected chi connectivity index (χ2v) is 9.45. The van der Waals surface area contributed by atoms with Gasteiger partial charge < -0.3 is 15.1 Å². The highest BCUT2D eigenvalue weighted by atomic mass is 32.1. The molecule has 4 rings (SSSR count). The number of amides is 2. The summed E-state index contributed by atoms with van der Waals surface area (Å²) in [5, 5.41) is 4.97. The van der Waals surface area contributed by atoms with Crippen molar-refractivity contribution in [3.05, 3.63) is 82.0 Å². The first kappa shape index (κ1) is 22.1. The zero-order valence-corrected chi connectivity index (χ0v) is 19.6. The maximum absolute atomic E-state index is 13.5. The molecule has 32 heavy (non-hydrogen) atoms. The van der Waals surface area contributed by atoms with Gasteiger partial charge in [0.05, 0.1) is 10.9 Å². The predicted molar refractivity (Wildman–Crippen MR) is 131 cm³/mol. The van der Waals surface area contributed by atoms with E-state index < -0.39 is 0 Å². The van der Waals surface area contributed by atoms with Gasteiger partial charge in [-0.25, -0.2) is 0 Å². The normalized spacial score (nSPS) is 14.0. The van der Waals surface area contributed by atoms with Crippen molar-refractivity contribution in [3.8, 4) is 0 Å². The third kappa shape index (κ3) is 5.02. The van der Waals surface area contributed by atoms with Gasteiger partial charge in [0, 0.05) is 37.9 Å². The Bertz CT molecular complexity index is 1080. The van der Waals surface area contributed by atoms with Crippen LogP contribution >= 0.6 is 11.3 Å². The third-order valence-corrected chi connectivity index (χ3v) is 6.72. The van der Waals surface area contributed by atoms with Crippen LogP contribution in [0.4, 0.5) is 11.4 Å². The maximum Gasteiger partial charge on any atom is 0.264 e. The predicted octanol–water partition coefficient (Wildman–Crippen LogP) is 5.57. The number of anilines is 2. The van der Waals surface area contributed by atoms with Crippen LogP contribution < -0.4 is 10.2 Å². The largest absolute Gasteiger partial charge is 0.377 e. The SMILES string of the molecule is C[C@@H](c1ccccc1)N(Cc1cc(NC(=O)C2CC2)ccc1N(C)C)C(=O)c1cccs1. The molecular formula is C26H29N3O2S. The molecule has 5 nitrogen and oxygen atoms in total. The van der Waals surface area contributed by atoms with E-state index in [1.807, 2.05) is 77.8 Å². The molecule has 1 N–H and O–H groups in total. The minimum atomic E-state index is -0.106. The van der Waals surface area contributed by atoms with Gasteiger partial charge in [0.1, 0.15) is 0 Å². The summed E-state index contributed by atoms with van der Waals surface area (Å²) in [6, 6.07) is 19.7. The summed E-state index contributed by atoms with van der Waals surface area (Å²) in [5.74, 6) is 0.230. The minimum Gasteiger partial charge on any atom is -0.377 e. The summed E-state index contributed by atoms with van der Waals surface area (Å²) >= 11 is 1.46. The molecule has 6 heteroatoms. The average molecular weight is 448 g/mol. The van der Waals surface area contributed by atoms with E-state index in [1.54, 1.807) is 0 Å². The Morgan fingerprint density at radius 1 is 1.06 bits per heavy atom. The number of rotatable bonds is 8. The Balaban J connectivity index is 1.68. The van der Waals surface area contributed by atoms with Gasteiger partial charge >= 0.3 is 0 Å². The lowest BCUT2D eigenvalue weighted by molar-refractivity contribution is -0.117. The number of hydrogen-bond donors (Lipinski definition) is 1. The Morgan fingerprint density at radius 2 is 1.81 bits per heavy atom. The zero-order valence-electron chi connectivity index (χ0n) is 18.7. The van der Waals surface area contributed by atoms with Gasteiger partial charge in [-0.1, -0.05) is 36.4 Å². The van der Waals surface area contributed by atoms with Gasteiger partial charge in [-0.05, 0) is 60.5 Å². The highest BCUT2D eigenvalue weighted by Gasteiger charge is 2.30. The quantitative estimate of drug-likeness (QED) is 0.491. The highest BCUT2D eigenvalue weighted by molar-refractivity contribution is 7.12. The zero-order chi connectivity index (χ0) is 22.7. The minimum absolute atomic E-state index is 0.00785. The van der Waals surface area contributed by atoms with Crippen molar-refractivity contribution in [2.24, 2.45) is 5.92 Å². The van der Waals surface area contributed by atoms with Crippen molar-refractivity contribution in [2.75, 3.05) is 24.3 Å². The summed E-state index contributed by atoms with van der Waals surface area (Å²) in [6.45, 7) is 2.50. The van der Waals surface area contributed by atoms with Crippen LogP contribution in [0.3, 0.4) is 0 Å². The fourth-order valence-corrected chi connectivity index (χ4v) is 4.52. The highest BCUT2D eigenvalue weighted by Crippen LogP contribution is 2.33. The summed E-state index contributed by atoms with van der Waals surface area (Å²) in [4.78, 5) is 30.5. The smallest absolute Gasteiger partial charge is 0.264 e. The van der Waals surface area contributed by atoms with Crippen LogP contribution in [0.1, 0.15) is 46.6 Å². The fraction of sp³-hybridized carbons (Fsp3) is 0.308. The van der Waals surface area contributed by atoms with Crippen LogP contribution in [0, 0.1) is 5.92 Å². The van der Waals surface area contributed by atoms with E-state index >= 15 is 0 Å². The third-order valence-electron chi connectivity index (χ3n) is 5.86. The van der Waals surface area contributed by atoms with Crippen LogP contribution in [0.15, 0.2) is 66.0 Å². The van der Waals surface area contributed by atoms with Crippen LogP contribution in [0.25, 0.3) is 0 Å². The molecule has 0 saturated heterocycles. The molecule has 0 spiro atoms. The van der Waals surface area contributed by atoms with Crippen molar-refractivity contribution < 1.29 is 9.59 Å². The molecule has 2 aromatic carbocycles. The molecule has 166 valence electrons. The average Bonchev–Trinajstić information content (AvgIpc) is 3.51. The molecule has 1 heterocycles. The van der Waals surface area contributed by atoms with E-state index in [0.717, 1.165) is 40.2 Å². The van der Waals surface area contributed by atoms with Crippen molar-refractivity contribution in [3.63, 3.8) is 0 Å². The summed E-state index contributed by atoms with van der Waals surface area (Å²) in [5.41, 5.74) is 3.88. The van der Waals surface area contributed by atoms with Gasteiger partial charge in [0.25, 0.3) is 5.91 Å². The Morgan fingerprint density at radius 3 is 2.44 bits per heavy atom. The molecule has 0 aliphatic heterocycles.